The van der Waals surface area contributed by atoms with E-state index in [1.807, 2.05) is 16.7 Å². The second-order valence-corrected chi connectivity index (χ2v) is 4.98. The molecule has 1 aromatic carbocycles. The minimum atomic E-state index is -0.418. The van der Waals surface area contributed by atoms with Crippen molar-refractivity contribution in [3.63, 3.8) is 0 Å². The standard InChI is InChI=1S/C15H15FN4/c1-9(2)20-14(10-5-6-11(16)12(17)8-10)19-13-4-3-7-18-15(13)20/h3-9H,17H2,1-2H3. The van der Waals surface area contributed by atoms with Gasteiger partial charge in [0.2, 0.25) is 0 Å². The topological polar surface area (TPSA) is 56.7 Å². The maximum Gasteiger partial charge on any atom is 0.160 e. The van der Waals surface area contributed by atoms with Crippen LogP contribution in [0, 0.1) is 5.82 Å². The predicted molar refractivity (Wildman–Crippen MR) is 77.7 cm³/mol. The molecule has 5 heteroatoms. The number of hydrogen-bond acceptors (Lipinski definition) is 3. The van der Waals surface area contributed by atoms with Crippen LogP contribution in [0.1, 0.15) is 19.9 Å². The third-order valence-corrected chi connectivity index (χ3v) is 3.22. The summed E-state index contributed by atoms with van der Waals surface area (Å²) in [6, 6.07) is 8.61. The molecule has 0 saturated heterocycles. The van der Waals surface area contributed by atoms with Gasteiger partial charge in [0, 0.05) is 17.8 Å². The Morgan fingerprint density at radius 3 is 2.75 bits per heavy atom. The monoisotopic (exact) mass is 270 g/mol. The minimum Gasteiger partial charge on any atom is -0.396 e. The summed E-state index contributed by atoms with van der Waals surface area (Å²) < 4.78 is 15.3. The summed E-state index contributed by atoms with van der Waals surface area (Å²) in [5.74, 6) is 0.333. The molecule has 2 aromatic heterocycles. The molecule has 0 spiro atoms. The largest absolute Gasteiger partial charge is 0.396 e. The first-order valence-corrected chi connectivity index (χ1v) is 6.46. The van der Waals surface area contributed by atoms with Crippen LogP contribution in [0.15, 0.2) is 36.5 Å². The van der Waals surface area contributed by atoms with Crippen molar-refractivity contribution in [1.29, 1.82) is 0 Å². The molecule has 0 fully saturated rings. The van der Waals surface area contributed by atoms with E-state index in [-0.39, 0.29) is 11.7 Å². The van der Waals surface area contributed by atoms with E-state index in [0.29, 0.717) is 0 Å². The molecule has 0 atom stereocenters. The fourth-order valence-electron chi connectivity index (χ4n) is 2.31. The second kappa shape index (κ2) is 4.59. The molecule has 0 radical (unpaired) electrons. The van der Waals surface area contributed by atoms with E-state index in [9.17, 15) is 4.39 Å². The Hall–Kier alpha value is -2.43. The first-order chi connectivity index (χ1) is 9.58. The van der Waals surface area contributed by atoms with Crippen molar-refractivity contribution < 1.29 is 4.39 Å². The highest BCUT2D eigenvalue weighted by Crippen LogP contribution is 2.28. The summed E-state index contributed by atoms with van der Waals surface area (Å²) in [6.45, 7) is 4.12. The molecule has 102 valence electrons. The molecule has 0 aliphatic rings. The lowest BCUT2D eigenvalue weighted by Gasteiger charge is -2.12. The van der Waals surface area contributed by atoms with Crippen LogP contribution in [0.3, 0.4) is 0 Å². The highest BCUT2D eigenvalue weighted by atomic mass is 19.1. The van der Waals surface area contributed by atoms with Crippen LogP contribution in [-0.4, -0.2) is 14.5 Å². The molecular weight excluding hydrogens is 255 g/mol. The molecule has 20 heavy (non-hydrogen) atoms. The van der Waals surface area contributed by atoms with E-state index < -0.39 is 5.82 Å². The molecule has 0 aliphatic carbocycles. The van der Waals surface area contributed by atoms with Crippen LogP contribution < -0.4 is 5.73 Å². The summed E-state index contributed by atoms with van der Waals surface area (Å²) in [5.41, 5.74) is 8.20. The number of aromatic nitrogens is 3. The van der Waals surface area contributed by atoms with Gasteiger partial charge in [-0.2, -0.15) is 0 Å². The van der Waals surface area contributed by atoms with Crippen LogP contribution >= 0.6 is 0 Å². The predicted octanol–water partition coefficient (Wildman–Crippen LogP) is 3.40. The van der Waals surface area contributed by atoms with Crippen molar-refractivity contribution in [3.05, 3.63) is 42.3 Å². The number of halogens is 1. The van der Waals surface area contributed by atoms with Crippen molar-refractivity contribution in [2.24, 2.45) is 0 Å². The maximum atomic E-state index is 13.3. The second-order valence-electron chi connectivity index (χ2n) is 4.98. The van der Waals surface area contributed by atoms with Gasteiger partial charge in [-0.1, -0.05) is 0 Å². The molecule has 2 heterocycles. The average Bonchev–Trinajstić information content (AvgIpc) is 2.81. The van der Waals surface area contributed by atoms with Gasteiger partial charge >= 0.3 is 0 Å². The van der Waals surface area contributed by atoms with Crippen molar-refractivity contribution in [3.8, 4) is 11.4 Å². The summed E-state index contributed by atoms with van der Waals surface area (Å²) in [5, 5.41) is 0. The summed E-state index contributed by atoms with van der Waals surface area (Å²) in [6.07, 6.45) is 1.74. The fraction of sp³-hybridized carbons (Fsp3) is 0.200. The smallest absolute Gasteiger partial charge is 0.160 e. The quantitative estimate of drug-likeness (QED) is 0.726. The minimum absolute atomic E-state index is 0.123. The van der Waals surface area contributed by atoms with Gasteiger partial charge in [-0.05, 0) is 44.2 Å². The summed E-state index contributed by atoms with van der Waals surface area (Å²) >= 11 is 0. The molecule has 4 nitrogen and oxygen atoms in total. The van der Waals surface area contributed by atoms with Crippen molar-refractivity contribution >= 4 is 16.9 Å². The van der Waals surface area contributed by atoms with Crippen LogP contribution in [0.4, 0.5) is 10.1 Å². The van der Waals surface area contributed by atoms with Gasteiger partial charge in [0.15, 0.2) is 5.65 Å². The maximum absolute atomic E-state index is 13.3. The van der Waals surface area contributed by atoms with E-state index in [4.69, 9.17) is 5.73 Å². The van der Waals surface area contributed by atoms with Gasteiger partial charge in [-0.3, -0.25) is 0 Å². The van der Waals surface area contributed by atoms with Crippen LogP contribution in [-0.2, 0) is 0 Å². The Kier molecular flexibility index (Phi) is 2.89. The zero-order valence-corrected chi connectivity index (χ0v) is 11.3. The average molecular weight is 270 g/mol. The third kappa shape index (κ3) is 1.91. The van der Waals surface area contributed by atoms with Gasteiger partial charge in [0.05, 0.1) is 5.69 Å². The lowest BCUT2D eigenvalue weighted by Crippen LogP contribution is -2.04. The first-order valence-electron chi connectivity index (χ1n) is 6.46. The van der Waals surface area contributed by atoms with Gasteiger partial charge in [0.1, 0.15) is 17.2 Å². The number of imidazole rings is 1. The normalized spacial score (nSPS) is 11.4. The Labute approximate surface area is 116 Å². The summed E-state index contributed by atoms with van der Waals surface area (Å²) in [7, 11) is 0. The third-order valence-electron chi connectivity index (χ3n) is 3.22. The molecular formula is C15H15FN4. The number of nitrogen functional groups attached to an aromatic ring is 1. The van der Waals surface area contributed by atoms with E-state index in [1.165, 1.54) is 6.07 Å². The molecule has 0 aliphatic heterocycles. The van der Waals surface area contributed by atoms with Gasteiger partial charge in [0.25, 0.3) is 0 Å². The lowest BCUT2D eigenvalue weighted by atomic mass is 10.1. The van der Waals surface area contributed by atoms with Gasteiger partial charge < -0.3 is 10.3 Å². The SMILES string of the molecule is CC(C)n1c(-c2ccc(F)c(N)c2)nc2cccnc21. The molecule has 3 aromatic rings. The zero-order valence-electron chi connectivity index (χ0n) is 11.3. The molecule has 0 saturated carbocycles. The van der Waals surface area contributed by atoms with E-state index in [0.717, 1.165) is 22.6 Å². The number of rotatable bonds is 2. The number of hydrogen-bond donors (Lipinski definition) is 1. The van der Waals surface area contributed by atoms with Crippen molar-refractivity contribution in [1.82, 2.24) is 14.5 Å². The lowest BCUT2D eigenvalue weighted by molar-refractivity contribution is 0.618. The number of nitrogens with zero attached hydrogens (tertiary/aromatic N) is 3. The van der Waals surface area contributed by atoms with Crippen molar-refractivity contribution in [2.75, 3.05) is 5.73 Å². The highest BCUT2D eigenvalue weighted by molar-refractivity contribution is 5.78. The molecule has 0 unspecified atom stereocenters. The Morgan fingerprint density at radius 2 is 2.05 bits per heavy atom. The molecule has 3 rings (SSSR count). The molecule has 0 amide bonds. The fourth-order valence-corrected chi connectivity index (χ4v) is 2.31. The number of anilines is 1. The first kappa shape index (κ1) is 12.6. The van der Waals surface area contributed by atoms with Gasteiger partial charge in [-0.25, -0.2) is 14.4 Å². The van der Waals surface area contributed by atoms with E-state index in [2.05, 4.69) is 23.8 Å². The number of pyridine rings is 1. The van der Waals surface area contributed by atoms with E-state index in [1.54, 1.807) is 18.3 Å². The van der Waals surface area contributed by atoms with Crippen LogP contribution in [0.5, 0.6) is 0 Å². The van der Waals surface area contributed by atoms with Gasteiger partial charge in [-0.15, -0.1) is 0 Å². The van der Waals surface area contributed by atoms with Crippen LogP contribution in [0.2, 0.25) is 0 Å². The number of fused-ring (bicyclic) bond motifs is 1. The zero-order chi connectivity index (χ0) is 14.3. The Morgan fingerprint density at radius 1 is 1.25 bits per heavy atom. The molecule has 2 N–H and O–H groups in total. The Balaban J connectivity index is 2.29. The van der Waals surface area contributed by atoms with E-state index >= 15 is 0 Å². The number of benzene rings is 1. The number of nitrogens with two attached hydrogens (primary N) is 1. The summed E-state index contributed by atoms with van der Waals surface area (Å²) in [4.78, 5) is 8.98. The highest BCUT2D eigenvalue weighted by Gasteiger charge is 2.16. The van der Waals surface area contributed by atoms with Crippen LogP contribution in [0.25, 0.3) is 22.6 Å². The Bertz CT molecular complexity index is 777. The van der Waals surface area contributed by atoms with Crippen molar-refractivity contribution in [2.45, 2.75) is 19.9 Å². The molecule has 0 bridgehead atoms.